The van der Waals surface area contributed by atoms with Gasteiger partial charge in [0.15, 0.2) is 0 Å². The number of nitriles is 1. The fraction of sp³-hybridized carbons (Fsp3) is 0.455. The molecule has 1 aromatic heterocycles. The molecule has 0 saturated carbocycles. The van der Waals surface area contributed by atoms with Crippen molar-refractivity contribution in [2.24, 2.45) is 5.92 Å². The molecule has 7 nitrogen and oxygen atoms in total. The number of anilines is 1. The van der Waals surface area contributed by atoms with Gasteiger partial charge in [0.05, 0.1) is 12.1 Å². The second-order valence-electron chi connectivity index (χ2n) is 8.33. The van der Waals surface area contributed by atoms with E-state index >= 15 is 0 Å². The van der Waals surface area contributed by atoms with E-state index in [0.717, 1.165) is 30.9 Å². The number of hydrogen-bond acceptors (Lipinski definition) is 6. The average molecular weight is 477 g/mol. The van der Waals surface area contributed by atoms with Gasteiger partial charge in [-0.25, -0.2) is 12.8 Å². The van der Waals surface area contributed by atoms with Gasteiger partial charge in [0, 0.05) is 31.1 Å². The van der Waals surface area contributed by atoms with Crippen molar-refractivity contribution in [2.45, 2.75) is 31.1 Å². The quantitative estimate of drug-likeness (QED) is 0.716. The highest BCUT2D eigenvalue weighted by atomic mass is 32.2. The molecule has 1 unspecified atom stereocenters. The Balaban J connectivity index is 1.36. The Morgan fingerprint density at radius 2 is 2.00 bits per heavy atom. The second-order valence-corrected chi connectivity index (χ2v) is 11.3. The molecule has 1 aromatic carbocycles. The normalized spacial score (nSPS) is 19.8. The predicted octanol–water partition coefficient (Wildman–Crippen LogP) is 2.83. The highest BCUT2D eigenvalue weighted by molar-refractivity contribution is 7.89. The number of halogens is 1. The number of carbonyl (C=O) groups excluding carboxylic acids is 1. The van der Waals surface area contributed by atoms with Gasteiger partial charge in [-0.2, -0.15) is 9.57 Å². The lowest BCUT2D eigenvalue weighted by atomic mass is 9.89. The van der Waals surface area contributed by atoms with Crippen LogP contribution in [0.2, 0.25) is 0 Å². The lowest BCUT2D eigenvalue weighted by molar-refractivity contribution is -0.117. The third-order valence-electron chi connectivity index (χ3n) is 6.03. The van der Waals surface area contributed by atoms with E-state index in [4.69, 9.17) is 0 Å². The second kappa shape index (κ2) is 9.27. The maximum Gasteiger partial charge on any atom is 0.246 e. The standard InChI is InChI=1S/C22H25FN4O3S2/c1-15-6-7-16-17(13-24)22(31-19(16)12-15)25-21(28)14-26-8-10-27(11-9-26)32(29,30)20-5-3-2-4-18(20)23/h2-5,15H,6-12,14H2,1H3,(H,25,28). The first-order valence-electron chi connectivity index (χ1n) is 10.6. The molecule has 2 heterocycles. The molecule has 1 saturated heterocycles. The zero-order valence-electron chi connectivity index (χ0n) is 17.8. The van der Waals surface area contributed by atoms with Crippen molar-refractivity contribution in [3.8, 4) is 6.07 Å². The highest BCUT2D eigenvalue weighted by Crippen LogP contribution is 2.39. The summed E-state index contributed by atoms with van der Waals surface area (Å²) in [5.74, 6) is -0.414. The number of piperazine rings is 1. The number of carbonyl (C=O) groups is 1. The van der Waals surface area contributed by atoms with Crippen LogP contribution in [0.25, 0.3) is 0 Å². The summed E-state index contributed by atoms with van der Waals surface area (Å²) in [6.45, 7) is 3.39. The molecule has 1 aliphatic carbocycles. The predicted molar refractivity (Wildman–Crippen MR) is 120 cm³/mol. The van der Waals surface area contributed by atoms with E-state index < -0.39 is 15.8 Å². The number of amides is 1. The molecule has 1 aliphatic heterocycles. The fourth-order valence-corrected chi connectivity index (χ4v) is 7.11. The smallest absolute Gasteiger partial charge is 0.246 e. The maximum absolute atomic E-state index is 14.0. The number of fused-ring (bicyclic) bond motifs is 1. The van der Waals surface area contributed by atoms with Crippen molar-refractivity contribution in [1.82, 2.24) is 9.21 Å². The van der Waals surface area contributed by atoms with Gasteiger partial charge in [-0.15, -0.1) is 11.3 Å². The molecular weight excluding hydrogens is 451 g/mol. The van der Waals surface area contributed by atoms with Gasteiger partial charge < -0.3 is 5.32 Å². The Kier molecular flexibility index (Phi) is 6.62. The average Bonchev–Trinajstić information content (AvgIpc) is 3.09. The largest absolute Gasteiger partial charge is 0.315 e. The summed E-state index contributed by atoms with van der Waals surface area (Å²) >= 11 is 1.49. The van der Waals surface area contributed by atoms with Crippen LogP contribution in [0.3, 0.4) is 0 Å². The summed E-state index contributed by atoms with van der Waals surface area (Å²) in [5.41, 5.74) is 1.64. The van der Waals surface area contributed by atoms with E-state index in [0.29, 0.717) is 29.6 Å². The summed E-state index contributed by atoms with van der Waals surface area (Å²) in [6.07, 6.45) is 2.85. The summed E-state index contributed by atoms with van der Waals surface area (Å²) in [4.78, 5) is 15.4. The van der Waals surface area contributed by atoms with Crippen molar-refractivity contribution < 1.29 is 17.6 Å². The number of nitrogens with zero attached hydrogens (tertiary/aromatic N) is 3. The lowest BCUT2D eigenvalue weighted by Crippen LogP contribution is -2.50. The first-order valence-corrected chi connectivity index (χ1v) is 12.9. The van der Waals surface area contributed by atoms with Crippen molar-refractivity contribution in [3.05, 3.63) is 46.1 Å². The molecule has 32 heavy (non-hydrogen) atoms. The number of sulfonamides is 1. The van der Waals surface area contributed by atoms with Crippen LogP contribution < -0.4 is 5.32 Å². The minimum Gasteiger partial charge on any atom is -0.315 e. The number of hydrogen-bond donors (Lipinski definition) is 1. The molecule has 2 aliphatic rings. The minimum absolute atomic E-state index is 0.109. The molecule has 2 aromatic rings. The topological polar surface area (TPSA) is 93.5 Å². The van der Waals surface area contributed by atoms with Gasteiger partial charge in [-0.05, 0) is 42.9 Å². The van der Waals surface area contributed by atoms with Crippen LogP contribution in [0, 0.1) is 23.1 Å². The van der Waals surface area contributed by atoms with Crippen molar-refractivity contribution in [1.29, 1.82) is 5.26 Å². The highest BCUT2D eigenvalue weighted by Gasteiger charge is 2.31. The first-order chi connectivity index (χ1) is 15.3. The van der Waals surface area contributed by atoms with Crippen LogP contribution in [0.1, 0.15) is 29.3 Å². The van der Waals surface area contributed by atoms with E-state index in [1.807, 2.05) is 4.90 Å². The summed E-state index contributed by atoms with van der Waals surface area (Å²) in [7, 11) is -3.91. The van der Waals surface area contributed by atoms with E-state index in [1.54, 1.807) is 0 Å². The molecule has 1 amide bonds. The van der Waals surface area contributed by atoms with Crippen LogP contribution in [0.15, 0.2) is 29.2 Å². The van der Waals surface area contributed by atoms with Crippen molar-refractivity contribution in [2.75, 3.05) is 38.0 Å². The Bertz CT molecular complexity index is 1160. The fourth-order valence-electron chi connectivity index (χ4n) is 4.25. The van der Waals surface area contributed by atoms with Crippen LogP contribution in [-0.2, 0) is 27.7 Å². The molecule has 10 heteroatoms. The molecule has 4 rings (SSSR count). The van der Waals surface area contributed by atoms with Gasteiger partial charge in [0.2, 0.25) is 15.9 Å². The first kappa shape index (κ1) is 22.9. The van der Waals surface area contributed by atoms with Crippen LogP contribution >= 0.6 is 11.3 Å². The molecular formula is C22H25FN4O3S2. The molecule has 170 valence electrons. The minimum atomic E-state index is -3.91. The third-order valence-corrected chi connectivity index (χ3v) is 9.13. The lowest BCUT2D eigenvalue weighted by Gasteiger charge is -2.33. The molecule has 0 radical (unpaired) electrons. The Morgan fingerprint density at radius 3 is 2.69 bits per heavy atom. The number of rotatable bonds is 5. The zero-order valence-corrected chi connectivity index (χ0v) is 19.4. The van der Waals surface area contributed by atoms with E-state index in [2.05, 4.69) is 18.3 Å². The molecule has 1 atom stereocenters. The zero-order chi connectivity index (χ0) is 22.9. The van der Waals surface area contributed by atoms with Crippen LogP contribution in [-0.4, -0.2) is 56.3 Å². The van der Waals surface area contributed by atoms with Gasteiger partial charge in [-0.1, -0.05) is 19.1 Å². The monoisotopic (exact) mass is 476 g/mol. The van der Waals surface area contributed by atoms with Gasteiger partial charge >= 0.3 is 0 Å². The summed E-state index contributed by atoms with van der Waals surface area (Å²) < 4.78 is 40.7. The van der Waals surface area contributed by atoms with Gasteiger partial charge in [0.1, 0.15) is 21.8 Å². The molecule has 0 bridgehead atoms. The van der Waals surface area contributed by atoms with Crippen LogP contribution in [0.4, 0.5) is 9.39 Å². The molecule has 1 fully saturated rings. The summed E-state index contributed by atoms with van der Waals surface area (Å²) in [6, 6.07) is 7.59. The number of nitrogens with one attached hydrogen (secondary N) is 1. The Hall–Kier alpha value is -2.32. The molecule has 1 N–H and O–H groups in total. The SMILES string of the molecule is CC1CCc2c(sc(NC(=O)CN3CCN(S(=O)(=O)c4ccccc4F)CC3)c2C#N)C1. The number of thiophene rings is 1. The molecule has 0 spiro atoms. The summed E-state index contributed by atoms with van der Waals surface area (Å²) in [5, 5.41) is 13.1. The Morgan fingerprint density at radius 1 is 1.28 bits per heavy atom. The van der Waals surface area contributed by atoms with Crippen molar-refractivity contribution in [3.63, 3.8) is 0 Å². The van der Waals surface area contributed by atoms with Gasteiger partial charge in [0.25, 0.3) is 0 Å². The van der Waals surface area contributed by atoms with E-state index in [1.165, 1.54) is 38.7 Å². The van der Waals surface area contributed by atoms with E-state index in [-0.39, 0.29) is 30.4 Å². The van der Waals surface area contributed by atoms with Crippen molar-refractivity contribution >= 4 is 32.3 Å². The van der Waals surface area contributed by atoms with E-state index in [9.17, 15) is 22.9 Å². The third kappa shape index (κ3) is 4.57. The van der Waals surface area contributed by atoms with Crippen LogP contribution in [0.5, 0.6) is 0 Å². The van der Waals surface area contributed by atoms with Gasteiger partial charge in [-0.3, -0.25) is 9.69 Å². The Labute approximate surface area is 191 Å². The number of benzene rings is 1. The maximum atomic E-state index is 14.0.